The molecule has 3 aromatic rings. The second kappa shape index (κ2) is 8.53. The van der Waals surface area contributed by atoms with Crippen molar-refractivity contribution in [3.8, 4) is 5.69 Å². The van der Waals surface area contributed by atoms with E-state index >= 15 is 0 Å². The van der Waals surface area contributed by atoms with Gasteiger partial charge in [0.2, 0.25) is 5.95 Å². The minimum atomic E-state index is -0.579. The first-order valence-electron chi connectivity index (χ1n) is 10.6. The molecule has 0 aliphatic carbocycles. The lowest BCUT2D eigenvalue weighted by Crippen LogP contribution is -2.51. The van der Waals surface area contributed by atoms with Crippen LogP contribution in [0.15, 0.2) is 53.3 Å². The SMILES string of the molecule is CC(C)(C)OC(=O)N1CCN(c2nc3ccc([N+](=O)[O-])cc3c(=O)n2-c2ccccc2)CC1. The second-order valence-electron chi connectivity index (χ2n) is 8.80. The van der Waals surface area contributed by atoms with Crippen LogP contribution in [0.2, 0.25) is 0 Å². The molecule has 1 aliphatic rings. The summed E-state index contributed by atoms with van der Waals surface area (Å²) in [6.07, 6.45) is -0.374. The Bertz CT molecular complexity index is 1260. The molecule has 0 saturated carbocycles. The average Bonchev–Trinajstić information content (AvgIpc) is 2.78. The van der Waals surface area contributed by atoms with Crippen molar-refractivity contribution in [2.45, 2.75) is 26.4 Å². The molecule has 1 aromatic heterocycles. The number of para-hydroxylation sites is 1. The summed E-state index contributed by atoms with van der Waals surface area (Å²) in [5, 5.41) is 11.4. The first-order chi connectivity index (χ1) is 15.6. The van der Waals surface area contributed by atoms with Gasteiger partial charge in [0.15, 0.2) is 0 Å². The van der Waals surface area contributed by atoms with E-state index < -0.39 is 10.5 Å². The predicted octanol–water partition coefficient (Wildman–Crippen LogP) is 3.35. The number of carbonyl (C=O) groups excluding carboxylic acids is 1. The van der Waals surface area contributed by atoms with Crippen molar-refractivity contribution >= 4 is 28.6 Å². The van der Waals surface area contributed by atoms with Crippen molar-refractivity contribution in [1.29, 1.82) is 0 Å². The van der Waals surface area contributed by atoms with Crippen molar-refractivity contribution in [2.24, 2.45) is 0 Å². The molecule has 33 heavy (non-hydrogen) atoms. The van der Waals surface area contributed by atoms with E-state index in [2.05, 4.69) is 0 Å². The lowest BCUT2D eigenvalue weighted by Gasteiger charge is -2.36. The van der Waals surface area contributed by atoms with Gasteiger partial charge in [-0.1, -0.05) is 18.2 Å². The Morgan fingerprint density at radius 2 is 1.73 bits per heavy atom. The number of amides is 1. The topological polar surface area (TPSA) is 111 Å². The van der Waals surface area contributed by atoms with E-state index in [-0.39, 0.29) is 22.7 Å². The highest BCUT2D eigenvalue weighted by Crippen LogP contribution is 2.24. The quantitative estimate of drug-likeness (QED) is 0.443. The zero-order chi connectivity index (χ0) is 23.8. The third-order valence-corrected chi connectivity index (χ3v) is 5.27. The number of anilines is 1. The number of nitro benzene ring substituents is 1. The molecule has 172 valence electrons. The normalized spacial score (nSPS) is 14.4. The highest BCUT2D eigenvalue weighted by atomic mass is 16.6. The number of nitro groups is 1. The predicted molar refractivity (Wildman–Crippen MR) is 124 cm³/mol. The molecule has 2 aromatic carbocycles. The number of benzene rings is 2. The van der Waals surface area contributed by atoms with Gasteiger partial charge in [-0.05, 0) is 39.0 Å². The van der Waals surface area contributed by atoms with Crippen LogP contribution in [0.3, 0.4) is 0 Å². The zero-order valence-corrected chi connectivity index (χ0v) is 18.7. The van der Waals surface area contributed by atoms with Crippen LogP contribution in [0.5, 0.6) is 0 Å². The Hall–Kier alpha value is -3.95. The summed E-state index contributed by atoms with van der Waals surface area (Å²) in [6, 6.07) is 13.1. The third kappa shape index (κ3) is 4.64. The summed E-state index contributed by atoms with van der Waals surface area (Å²) >= 11 is 0. The van der Waals surface area contributed by atoms with Gasteiger partial charge in [-0.25, -0.2) is 14.3 Å². The number of ether oxygens (including phenoxy) is 1. The molecule has 0 radical (unpaired) electrons. The van der Waals surface area contributed by atoms with E-state index in [0.29, 0.717) is 43.3 Å². The molecule has 4 rings (SSSR count). The Kier molecular flexibility index (Phi) is 5.75. The minimum Gasteiger partial charge on any atom is -0.444 e. The molecule has 1 amide bonds. The highest BCUT2D eigenvalue weighted by molar-refractivity contribution is 5.82. The summed E-state index contributed by atoms with van der Waals surface area (Å²) in [5.74, 6) is 0.427. The van der Waals surface area contributed by atoms with Crippen molar-refractivity contribution in [2.75, 3.05) is 31.1 Å². The van der Waals surface area contributed by atoms with Gasteiger partial charge in [0, 0.05) is 38.3 Å². The molecule has 1 fully saturated rings. The average molecular weight is 451 g/mol. The summed E-state index contributed by atoms with van der Waals surface area (Å²) < 4.78 is 6.93. The number of hydrogen-bond acceptors (Lipinski definition) is 7. The molecule has 0 atom stereocenters. The molecular formula is C23H25N5O5. The summed E-state index contributed by atoms with van der Waals surface area (Å²) in [7, 11) is 0. The van der Waals surface area contributed by atoms with Crippen molar-refractivity contribution in [1.82, 2.24) is 14.5 Å². The van der Waals surface area contributed by atoms with Gasteiger partial charge in [0.1, 0.15) is 5.60 Å². The van der Waals surface area contributed by atoms with Gasteiger partial charge < -0.3 is 14.5 Å². The van der Waals surface area contributed by atoms with E-state index in [9.17, 15) is 19.7 Å². The Morgan fingerprint density at radius 1 is 1.06 bits per heavy atom. The molecule has 0 spiro atoms. The summed E-state index contributed by atoms with van der Waals surface area (Å²) in [4.78, 5) is 44.9. The number of rotatable bonds is 3. The van der Waals surface area contributed by atoms with Crippen LogP contribution in [0.4, 0.5) is 16.4 Å². The van der Waals surface area contributed by atoms with Crippen LogP contribution in [0.1, 0.15) is 20.8 Å². The lowest BCUT2D eigenvalue weighted by molar-refractivity contribution is -0.384. The van der Waals surface area contributed by atoms with Gasteiger partial charge in [0.05, 0.1) is 21.5 Å². The highest BCUT2D eigenvalue weighted by Gasteiger charge is 2.28. The zero-order valence-electron chi connectivity index (χ0n) is 18.7. The Morgan fingerprint density at radius 3 is 2.33 bits per heavy atom. The van der Waals surface area contributed by atoms with Gasteiger partial charge in [-0.15, -0.1) is 0 Å². The molecule has 10 heteroatoms. The van der Waals surface area contributed by atoms with Crippen LogP contribution in [-0.2, 0) is 4.74 Å². The van der Waals surface area contributed by atoms with Gasteiger partial charge >= 0.3 is 6.09 Å². The van der Waals surface area contributed by atoms with Crippen LogP contribution in [0.25, 0.3) is 16.6 Å². The largest absolute Gasteiger partial charge is 0.444 e. The number of nitrogens with zero attached hydrogens (tertiary/aromatic N) is 5. The standard InChI is InChI=1S/C23H25N5O5/c1-23(2,3)33-22(30)26-13-11-25(12-14-26)21-24-19-10-9-17(28(31)32)15-18(19)20(29)27(21)16-7-5-4-6-8-16/h4-10,15H,11-14H2,1-3H3. The fourth-order valence-corrected chi connectivity index (χ4v) is 3.71. The molecule has 1 aliphatic heterocycles. The van der Waals surface area contributed by atoms with Gasteiger partial charge in [-0.2, -0.15) is 0 Å². The van der Waals surface area contributed by atoms with Crippen LogP contribution in [0, 0.1) is 10.1 Å². The fraction of sp³-hybridized carbons (Fsp3) is 0.348. The van der Waals surface area contributed by atoms with Gasteiger partial charge in [0.25, 0.3) is 11.2 Å². The molecule has 1 saturated heterocycles. The molecule has 2 heterocycles. The maximum atomic E-state index is 13.5. The van der Waals surface area contributed by atoms with E-state index in [1.165, 1.54) is 22.8 Å². The molecular weight excluding hydrogens is 426 g/mol. The van der Waals surface area contributed by atoms with Crippen LogP contribution in [-0.4, -0.2) is 57.2 Å². The molecule has 10 nitrogen and oxygen atoms in total. The third-order valence-electron chi connectivity index (χ3n) is 5.27. The Labute approximate surface area is 190 Å². The second-order valence-corrected chi connectivity index (χ2v) is 8.80. The van der Waals surface area contributed by atoms with Crippen molar-refractivity contribution < 1.29 is 14.5 Å². The number of hydrogen-bond donors (Lipinski definition) is 0. The van der Waals surface area contributed by atoms with Crippen molar-refractivity contribution in [3.63, 3.8) is 0 Å². The maximum Gasteiger partial charge on any atom is 0.410 e. The number of non-ortho nitro benzene ring substituents is 1. The first-order valence-corrected chi connectivity index (χ1v) is 10.6. The van der Waals surface area contributed by atoms with Crippen LogP contribution >= 0.6 is 0 Å². The first kappa shape index (κ1) is 22.3. The maximum absolute atomic E-state index is 13.5. The van der Waals surface area contributed by atoms with E-state index in [4.69, 9.17) is 9.72 Å². The van der Waals surface area contributed by atoms with Crippen molar-refractivity contribution in [3.05, 3.63) is 69.0 Å². The number of piperazine rings is 1. The molecule has 0 N–H and O–H groups in total. The number of aromatic nitrogens is 2. The van der Waals surface area contributed by atoms with E-state index in [0.717, 1.165) is 0 Å². The molecule has 0 bridgehead atoms. The monoisotopic (exact) mass is 451 g/mol. The number of fused-ring (bicyclic) bond motifs is 1. The van der Waals surface area contributed by atoms with E-state index in [1.54, 1.807) is 17.0 Å². The Balaban J connectivity index is 1.73. The molecule has 0 unspecified atom stereocenters. The fourth-order valence-electron chi connectivity index (χ4n) is 3.71. The number of carbonyl (C=O) groups is 1. The summed E-state index contributed by atoms with van der Waals surface area (Å²) in [6.45, 7) is 7.21. The smallest absolute Gasteiger partial charge is 0.410 e. The summed E-state index contributed by atoms with van der Waals surface area (Å²) in [5.41, 5.74) is -0.153. The lowest BCUT2D eigenvalue weighted by atomic mass is 10.2. The van der Waals surface area contributed by atoms with Gasteiger partial charge in [-0.3, -0.25) is 14.9 Å². The minimum absolute atomic E-state index is 0.167. The van der Waals surface area contributed by atoms with Crippen LogP contribution < -0.4 is 10.5 Å². The van der Waals surface area contributed by atoms with E-state index in [1.807, 2.05) is 43.9 Å².